The summed E-state index contributed by atoms with van der Waals surface area (Å²) >= 11 is 0. The van der Waals surface area contributed by atoms with Crippen molar-refractivity contribution in [3.8, 4) is 5.75 Å². The maximum Gasteiger partial charge on any atom is 0.214 e. The second kappa shape index (κ2) is 7.10. The van der Waals surface area contributed by atoms with Gasteiger partial charge in [-0.25, -0.2) is 13.1 Å². The molecule has 0 spiro atoms. The van der Waals surface area contributed by atoms with Crippen LogP contribution in [-0.2, 0) is 10.0 Å². The fourth-order valence-corrected chi connectivity index (χ4v) is 4.19. The van der Waals surface area contributed by atoms with Crippen molar-refractivity contribution in [2.75, 3.05) is 25.4 Å². The van der Waals surface area contributed by atoms with Crippen LogP contribution in [0.1, 0.15) is 18.9 Å². The fraction of sp³-hybridized carbons (Fsp3) is 0.467. The Morgan fingerprint density at radius 1 is 1.26 bits per heavy atom. The Balaban J connectivity index is 1.46. The highest BCUT2D eigenvalue weighted by atomic mass is 32.2. The molecule has 3 rings (SSSR count). The van der Waals surface area contributed by atoms with Gasteiger partial charge in [-0.05, 0) is 25.0 Å². The van der Waals surface area contributed by atoms with Gasteiger partial charge in [-0.1, -0.05) is 23.4 Å². The predicted molar refractivity (Wildman–Crippen MR) is 85.6 cm³/mol. The lowest BCUT2D eigenvalue weighted by molar-refractivity contribution is 0.316. The first-order chi connectivity index (χ1) is 11.1. The van der Waals surface area contributed by atoms with Crippen LogP contribution in [0.4, 0.5) is 0 Å². The quantitative estimate of drug-likeness (QED) is 0.713. The Kier molecular flexibility index (Phi) is 4.92. The van der Waals surface area contributed by atoms with Gasteiger partial charge in [0, 0.05) is 19.3 Å². The highest BCUT2D eigenvalue weighted by molar-refractivity contribution is 7.89. The molecule has 1 atom stereocenters. The van der Waals surface area contributed by atoms with E-state index in [0.717, 1.165) is 12.2 Å². The first-order valence-corrected chi connectivity index (χ1v) is 9.27. The van der Waals surface area contributed by atoms with E-state index in [4.69, 9.17) is 4.74 Å². The van der Waals surface area contributed by atoms with Gasteiger partial charge < -0.3 is 4.74 Å². The second-order valence-electron chi connectivity index (χ2n) is 5.51. The average molecular weight is 336 g/mol. The summed E-state index contributed by atoms with van der Waals surface area (Å²) in [6.07, 6.45) is 4.62. The largest absolute Gasteiger partial charge is 0.494 e. The number of rotatable bonds is 7. The molecule has 0 aliphatic carbocycles. The number of hydrogen-bond donors (Lipinski definition) is 0. The molecule has 0 unspecified atom stereocenters. The summed E-state index contributed by atoms with van der Waals surface area (Å²) in [5.41, 5.74) is 0. The highest BCUT2D eigenvalue weighted by Gasteiger charge is 2.32. The van der Waals surface area contributed by atoms with Gasteiger partial charge in [-0.15, -0.1) is 5.10 Å². The molecule has 7 nitrogen and oxygen atoms in total. The molecule has 0 N–H and O–H groups in total. The van der Waals surface area contributed by atoms with Crippen molar-refractivity contribution in [3.63, 3.8) is 0 Å². The molecule has 2 aromatic rings. The molecule has 124 valence electrons. The van der Waals surface area contributed by atoms with Crippen LogP contribution in [0.5, 0.6) is 5.75 Å². The molecule has 1 aliphatic rings. The zero-order chi connectivity index (χ0) is 16.1. The summed E-state index contributed by atoms with van der Waals surface area (Å²) in [4.78, 5) is 0. The SMILES string of the molecule is O=S(=O)(CCCOc1ccccc1)N1CC[C@H](n2ccnn2)C1. The monoisotopic (exact) mass is 336 g/mol. The van der Waals surface area contributed by atoms with Crippen LogP contribution in [0, 0.1) is 0 Å². The van der Waals surface area contributed by atoms with E-state index in [1.165, 1.54) is 0 Å². The van der Waals surface area contributed by atoms with Gasteiger partial charge in [0.25, 0.3) is 0 Å². The van der Waals surface area contributed by atoms with Crippen LogP contribution >= 0.6 is 0 Å². The van der Waals surface area contributed by atoms with E-state index >= 15 is 0 Å². The van der Waals surface area contributed by atoms with Gasteiger partial charge in [-0.3, -0.25) is 0 Å². The van der Waals surface area contributed by atoms with Crippen molar-refractivity contribution in [1.82, 2.24) is 19.3 Å². The molecule has 1 aromatic carbocycles. The van der Waals surface area contributed by atoms with Gasteiger partial charge in [0.15, 0.2) is 0 Å². The predicted octanol–water partition coefficient (Wildman–Crippen LogP) is 1.32. The molecule has 0 radical (unpaired) electrons. The Bertz CT molecular complexity index is 704. The van der Waals surface area contributed by atoms with E-state index in [0.29, 0.717) is 26.1 Å². The number of aromatic nitrogens is 3. The summed E-state index contributed by atoms with van der Waals surface area (Å²) in [5.74, 6) is 0.863. The number of benzene rings is 1. The van der Waals surface area contributed by atoms with Crippen LogP contribution in [0.3, 0.4) is 0 Å². The number of hydrogen-bond acceptors (Lipinski definition) is 5. The average Bonchev–Trinajstić information content (AvgIpc) is 3.23. The van der Waals surface area contributed by atoms with Crippen LogP contribution in [-0.4, -0.2) is 53.2 Å². The first-order valence-electron chi connectivity index (χ1n) is 7.66. The van der Waals surface area contributed by atoms with Gasteiger partial charge in [0.05, 0.1) is 24.6 Å². The molecular weight excluding hydrogens is 316 g/mol. The fourth-order valence-electron chi connectivity index (χ4n) is 2.67. The van der Waals surface area contributed by atoms with E-state index in [2.05, 4.69) is 10.3 Å². The summed E-state index contributed by atoms with van der Waals surface area (Å²) < 4.78 is 33.6. The lowest BCUT2D eigenvalue weighted by atomic mass is 10.3. The Labute approximate surface area is 135 Å². The summed E-state index contributed by atoms with van der Waals surface area (Å²) in [7, 11) is -3.25. The van der Waals surface area contributed by atoms with Gasteiger partial charge in [0.1, 0.15) is 5.75 Å². The second-order valence-corrected chi connectivity index (χ2v) is 7.60. The molecule has 1 aromatic heterocycles. The number of para-hydroxylation sites is 1. The molecule has 23 heavy (non-hydrogen) atoms. The number of sulfonamides is 1. The molecule has 0 saturated carbocycles. The van der Waals surface area contributed by atoms with Gasteiger partial charge in [-0.2, -0.15) is 4.31 Å². The summed E-state index contributed by atoms with van der Waals surface area (Å²) in [5, 5.41) is 7.72. The minimum absolute atomic E-state index is 0.0767. The van der Waals surface area contributed by atoms with E-state index < -0.39 is 10.0 Å². The Hall–Kier alpha value is -1.93. The molecule has 2 heterocycles. The summed E-state index contributed by atoms with van der Waals surface area (Å²) in [6.45, 7) is 1.39. The van der Waals surface area contributed by atoms with Crippen molar-refractivity contribution in [1.29, 1.82) is 0 Å². The van der Waals surface area contributed by atoms with Gasteiger partial charge >= 0.3 is 0 Å². The number of ether oxygens (including phenoxy) is 1. The van der Waals surface area contributed by atoms with E-state index in [1.54, 1.807) is 21.4 Å². The molecule has 0 amide bonds. The zero-order valence-corrected chi connectivity index (χ0v) is 13.6. The third-order valence-corrected chi connectivity index (χ3v) is 5.82. The van der Waals surface area contributed by atoms with E-state index in [9.17, 15) is 8.42 Å². The lowest BCUT2D eigenvalue weighted by Crippen LogP contribution is -2.32. The maximum atomic E-state index is 12.4. The third kappa shape index (κ3) is 4.08. The zero-order valence-electron chi connectivity index (χ0n) is 12.8. The van der Waals surface area contributed by atoms with Crippen LogP contribution in [0.15, 0.2) is 42.7 Å². The normalized spacial score (nSPS) is 19.0. The van der Waals surface area contributed by atoms with Crippen LogP contribution in [0.2, 0.25) is 0 Å². The highest BCUT2D eigenvalue weighted by Crippen LogP contribution is 2.23. The molecule has 1 fully saturated rings. The minimum Gasteiger partial charge on any atom is -0.494 e. The van der Waals surface area contributed by atoms with E-state index in [1.807, 2.05) is 30.3 Å². The minimum atomic E-state index is -3.25. The van der Waals surface area contributed by atoms with E-state index in [-0.39, 0.29) is 11.8 Å². The third-order valence-electron chi connectivity index (χ3n) is 3.89. The first kappa shape index (κ1) is 15.9. The number of nitrogens with zero attached hydrogens (tertiary/aromatic N) is 4. The molecule has 0 bridgehead atoms. The standard InChI is InChI=1S/C15H20N4O3S/c20-23(21,12-4-11-22-15-5-2-1-3-6-15)18-9-7-14(13-18)19-10-8-16-17-19/h1-3,5-6,8,10,14H,4,7,9,11-13H2/t14-/m0/s1. The van der Waals surface area contributed by atoms with Crippen molar-refractivity contribution in [2.45, 2.75) is 18.9 Å². The topological polar surface area (TPSA) is 77.3 Å². The Morgan fingerprint density at radius 3 is 2.83 bits per heavy atom. The van der Waals surface area contributed by atoms with Crippen LogP contribution in [0.25, 0.3) is 0 Å². The lowest BCUT2D eigenvalue weighted by Gasteiger charge is -2.16. The van der Waals surface area contributed by atoms with Gasteiger partial charge in [0.2, 0.25) is 10.0 Å². The van der Waals surface area contributed by atoms with Crippen molar-refractivity contribution in [2.24, 2.45) is 0 Å². The molecule has 1 saturated heterocycles. The molecular formula is C15H20N4O3S. The maximum absolute atomic E-state index is 12.4. The smallest absolute Gasteiger partial charge is 0.214 e. The molecule has 8 heteroatoms. The summed E-state index contributed by atoms with van der Waals surface area (Å²) in [6, 6.07) is 9.49. The Morgan fingerprint density at radius 2 is 2.09 bits per heavy atom. The van der Waals surface area contributed by atoms with Crippen molar-refractivity contribution < 1.29 is 13.2 Å². The van der Waals surface area contributed by atoms with Crippen molar-refractivity contribution in [3.05, 3.63) is 42.7 Å². The van der Waals surface area contributed by atoms with Crippen molar-refractivity contribution >= 4 is 10.0 Å². The molecule has 1 aliphatic heterocycles. The van der Waals surface area contributed by atoms with Crippen LogP contribution < -0.4 is 4.74 Å².